The van der Waals surface area contributed by atoms with E-state index in [4.69, 9.17) is 5.11 Å². The van der Waals surface area contributed by atoms with Gasteiger partial charge in [0, 0.05) is 12.2 Å². The minimum atomic E-state index is -0.0538. The molecule has 1 rings (SSSR count). The average molecular weight is 236 g/mol. The number of anilines is 1. The largest absolute Gasteiger partial charge is 0.395 e. The molecule has 0 aliphatic rings. The number of aliphatic hydroxyl groups excluding tert-OH is 1. The van der Waals surface area contributed by atoms with Gasteiger partial charge in [0.1, 0.15) is 0 Å². The van der Waals surface area contributed by atoms with Crippen molar-refractivity contribution in [3.8, 4) is 0 Å². The first-order chi connectivity index (χ1) is 8.17. The molecule has 1 aromatic carbocycles. The lowest BCUT2D eigenvalue weighted by molar-refractivity contribution is -0.117. The molecule has 1 amide bonds. The summed E-state index contributed by atoms with van der Waals surface area (Å²) >= 11 is 0. The number of nitrogens with one attached hydrogen (secondary N) is 1. The van der Waals surface area contributed by atoms with Crippen LogP contribution in [0.2, 0.25) is 0 Å². The van der Waals surface area contributed by atoms with Crippen LogP contribution in [0.1, 0.15) is 12.5 Å². The van der Waals surface area contributed by atoms with Crippen LogP contribution in [0.4, 0.5) is 5.69 Å². The summed E-state index contributed by atoms with van der Waals surface area (Å²) in [5.74, 6) is -0.0538. The van der Waals surface area contributed by atoms with Gasteiger partial charge in [0.2, 0.25) is 5.91 Å². The van der Waals surface area contributed by atoms with E-state index >= 15 is 0 Å². The van der Waals surface area contributed by atoms with E-state index in [1.807, 2.05) is 31.3 Å². The van der Waals surface area contributed by atoms with Gasteiger partial charge in [-0.25, -0.2) is 0 Å². The first-order valence-corrected chi connectivity index (χ1v) is 5.84. The number of aliphatic hydroxyl groups is 1. The second-order valence-corrected chi connectivity index (χ2v) is 4.02. The van der Waals surface area contributed by atoms with Crippen LogP contribution in [0.5, 0.6) is 0 Å². The third-order valence-corrected chi connectivity index (χ3v) is 2.57. The lowest BCUT2D eigenvalue weighted by atomic mass is 10.1. The molecule has 0 spiro atoms. The summed E-state index contributed by atoms with van der Waals surface area (Å²) in [6, 6.07) is 7.79. The van der Waals surface area contributed by atoms with Crippen LogP contribution in [0.15, 0.2) is 24.3 Å². The van der Waals surface area contributed by atoms with Crippen molar-refractivity contribution in [2.75, 3.05) is 32.1 Å². The van der Waals surface area contributed by atoms with E-state index in [1.54, 1.807) is 4.90 Å². The molecule has 0 fully saturated rings. The highest BCUT2D eigenvalue weighted by atomic mass is 16.3. The quantitative estimate of drug-likeness (QED) is 0.778. The summed E-state index contributed by atoms with van der Waals surface area (Å²) in [6.07, 6.45) is 0.892. The summed E-state index contributed by atoms with van der Waals surface area (Å²) in [5, 5.41) is 11.6. The molecule has 1 aromatic rings. The Morgan fingerprint density at radius 3 is 2.76 bits per heavy atom. The SMILES string of the molecule is CCc1ccccc1NC(=O)CN(C)CCO. The van der Waals surface area contributed by atoms with Gasteiger partial charge in [0.25, 0.3) is 0 Å². The van der Waals surface area contributed by atoms with Gasteiger partial charge in [-0.05, 0) is 25.1 Å². The Morgan fingerprint density at radius 2 is 2.12 bits per heavy atom. The maximum Gasteiger partial charge on any atom is 0.238 e. The molecule has 0 atom stereocenters. The molecule has 0 saturated heterocycles. The average Bonchev–Trinajstić information content (AvgIpc) is 2.29. The highest BCUT2D eigenvalue weighted by molar-refractivity contribution is 5.92. The molecule has 0 aliphatic carbocycles. The molecule has 0 saturated carbocycles. The number of para-hydroxylation sites is 1. The van der Waals surface area contributed by atoms with E-state index in [1.165, 1.54) is 0 Å². The van der Waals surface area contributed by atoms with Crippen molar-refractivity contribution in [1.82, 2.24) is 4.90 Å². The van der Waals surface area contributed by atoms with Crippen molar-refractivity contribution in [2.45, 2.75) is 13.3 Å². The van der Waals surface area contributed by atoms with Gasteiger partial charge in [0.05, 0.1) is 13.2 Å². The number of carbonyl (C=O) groups is 1. The van der Waals surface area contributed by atoms with Gasteiger partial charge in [-0.2, -0.15) is 0 Å². The molecule has 0 radical (unpaired) electrons. The van der Waals surface area contributed by atoms with Crippen LogP contribution in [0, 0.1) is 0 Å². The van der Waals surface area contributed by atoms with Crippen molar-refractivity contribution < 1.29 is 9.90 Å². The topological polar surface area (TPSA) is 52.6 Å². The predicted molar refractivity (Wildman–Crippen MR) is 69.0 cm³/mol. The molecule has 0 aliphatic heterocycles. The second kappa shape index (κ2) is 7.04. The van der Waals surface area contributed by atoms with Crippen molar-refractivity contribution in [2.24, 2.45) is 0 Å². The predicted octanol–water partition coefficient (Wildman–Crippen LogP) is 1.11. The van der Waals surface area contributed by atoms with Crippen LogP contribution in [-0.2, 0) is 11.2 Å². The van der Waals surface area contributed by atoms with Crippen molar-refractivity contribution in [3.63, 3.8) is 0 Å². The third kappa shape index (κ3) is 4.54. The second-order valence-electron chi connectivity index (χ2n) is 4.02. The van der Waals surface area contributed by atoms with Crippen LogP contribution in [0.25, 0.3) is 0 Å². The van der Waals surface area contributed by atoms with E-state index in [0.717, 1.165) is 17.7 Å². The van der Waals surface area contributed by atoms with E-state index in [0.29, 0.717) is 13.1 Å². The van der Waals surface area contributed by atoms with Crippen LogP contribution >= 0.6 is 0 Å². The Labute approximate surface area is 102 Å². The summed E-state index contributed by atoms with van der Waals surface area (Å²) in [5.41, 5.74) is 2.00. The molecule has 0 aromatic heterocycles. The first-order valence-electron chi connectivity index (χ1n) is 5.84. The zero-order valence-electron chi connectivity index (χ0n) is 10.4. The van der Waals surface area contributed by atoms with E-state index in [-0.39, 0.29) is 12.5 Å². The summed E-state index contributed by atoms with van der Waals surface area (Å²) in [4.78, 5) is 13.5. The maximum absolute atomic E-state index is 11.7. The number of benzene rings is 1. The molecule has 4 nitrogen and oxygen atoms in total. The van der Waals surface area contributed by atoms with Gasteiger partial charge >= 0.3 is 0 Å². The number of aryl methyl sites for hydroxylation is 1. The molecule has 2 N–H and O–H groups in total. The minimum absolute atomic E-state index is 0.0538. The Bertz CT molecular complexity index is 366. The van der Waals surface area contributed by atoms with Crippen LogP contribution < -0.4 is 5.32 Å². The highest BCUT2D eigenvalue weighted by Crippen LogP contribution is 2.15. The van der Waals surface area contributed by atoms with Crippen molar-refractivity contribution in [3.05, 3.63) is 29.8 Å². The zero-order valence-corrected chi connectivity index (χ0v) is 10.4. The fourth-order valence-corrected chi connectivity index (χ4v) is 1.64. The monoisotopic (exact) mass is 236 g/mol. The molecular formula is C13H20N2O2. The molecule has 0 unspecified atom stereocenters. The summed E-state index contributed by atoms with van der Waals surface area (Å²) in [6.45, 7) is 2.92. The van der Waals surface area contributed by atoms with Gasteiger partial charge in [-0.15, -0.1) is 0 Å². The smallest absolute Gasteiger partial charge is 0.238 e. The van der Waals surface area contributed by atoms with Gasteiger partial charge in [0.15, 0.2) is 0 Å². The number of carbonyl (C=O) groups excluding carboxylic acids is 1. The Kier molecular flexibility index (Phi) is 5.66. The normalized spacial score (nSPS) is 10.6. The van der Waals surface area contributed by atoms with Gasteiger partial charge in [-0.1, -0.05) is 25.1 Å². The molecular weight excluding hydrogens is 216 g/mol. The minimum Gasteiger partial charge on any atom is -0.395 e. The van der Waals surface area contributed by atoms with Crippen molar-refractivity contribution in [1.29, 1.82) is 0 Å². The van der Waals surface area contributed by atoms with Crippen LogP contribution in [0.3, 0.4) is 0 Å². The lowest BCUT2D eigenvalue weighted by Crippen LogP contribution is -2.32. The lowest BCUT2D eigenvalue weighted by Gasteiger charge is -2.15. The maximum atomic E-state index is 11.7. The third-order valence-electron chi connectivity index (χ3n) is 2.57. The van der Waals surface area contributed by atoms with Gasteiger partial charge in [-0.3, -0.25) is 9.69 Å². The number of rotatable bonds is 6. The standard InChI is InChI=1S/C13H20N2O2/c1-3-11-6-4-5-7-12(11)14-13(17)10-15(2)8-9-16/h4-7,16H,3,8-10H2,1-2H3,(H,14,17). The Hall–Kier alpha value is -1.39. The van der Waals surface area contributed by atoms with Crippen molar-refractivity contribution >= 4 is 11.6 Å². The number of hydrogen-bond acceptors (Lipinski definition) is 3. The number of likely N-dealkylation sites (N-methyl/N-ethyl adjacent to an activating group) is 1. The van der Waals surface area contributed by atoms with E-state index < -0.39 is 0 Å². The Morgan fingerprint density at radius 1 is 1.41 bits per heavy atom. The summed E-state index contributed by atoms with van der Waals surface area (Å²) < 4.78 is 0. The first kappa shape index (κ1) is 13.7. The highest BCUT2D eigenvalue weighted by Gasteiger charge is 2.07. The molecule has 94 valence electrons. The molecule has 0 heterocycles. The zero-order chi connectivity index (χ0) is 12.7. The van der Waals surface area contributed by atoms with E-state index in [9.17, 15) is 4.79 Å². The number of amides is 1. The van der Waals surface area contributed by atoms with Gasteiger partial charge < -0.3 is 10.4 Å². The Balaban J connectivity index is 2.55. The van der Waals surface area contributed by atoms with E-state index in [2.05, 4.69) is 12.2 Å². The fraction of sp³-hybridized carbons (Fsp3) is 0.462. The fourth-order valence-electron chi connectivity index (χ4n) is 1.64. The number of nitrogens with zero attached hydrogens (tertiary/aromatic N) is 1. The van der Waals surface area contributed by atoms with Crippen LogP contribution in [-0.4, -0.2) is 42.7 Å². The molecule has 0 bridgehead atoms. The number of hydrogen-bond donors (Lipinski definition) is 2. The summed E-state index contributed by atoms with van der Waals surface area (Å²) in [7, 11) is 1.81. The molecule has 17 heavy (non-hydrogen) atoms. The molecule has 4 heteroatoms.